The molecule has 0 spiro atoms. The molecule has 0 bridgehead atoms. The Morgan fingerprint density at radius 1 is 1.40 bits per heavy atom. The summed E-state index contributed by atoms with van der Waals surface area (Å²) in [5.74, 6) is 1.78. The Kier molecular flexibility index (Phi) is 3.81. The number of anilines is 2. The molecular formula is C16H24N4. The highest BCUT2D eigenvalue weighted by Crippen LogP contribution is 2.31. The van der Waals surface area contributed by atoms with E-state index in [9.17, 15) is 0 Å². The third-order valence-corrected chi connectivity index (χ3v) is 4.52. The first-order valence-corrected chi connectivity index (χ1v) is 7.69. The van der Waals surface area contributed by atoms with Gasteiger partial charge < -0.3 is 11.1 Å². The van der Waals surface area contributed by atoms with Crippen molar-refractivity contribution in [3.8, 4) is 0 Å². The Hall–Kier alpha value is -1.71. The quantitative estimate of drug-likeness (QED) is 0.742. The van der Waals surface area contributed by atoms with Crippen LogP contribution in [-0.2, 0) is 0 Å². The third kappa shape index (κ3) is 2.89. The Balaban J connectivity index is 1.57. The first-order valence-electron chi connectivity index (χ1n) is 7.69. The van der Waals surface area contributed by atoms with Gasteiger partial charge in [0, 0.05) is 11.9 Å². The summed E-state index contributed by atoms with van der Waals surface area (Å²) in [6.45, 7) is 3.38. The van der Waals surface area contributed by atoms with Crippen LogP contribution in [0.5, 0.6) is 0 Å². The first kappa shape index (κ1) is 13.3. The number of H-pyrrole nitrogens is 1. The molecule has 1 saturated carbocycles. The Bertz CT molecular complexity index is 575. The van der Waals surface area contributed by atoms with E-state index >= 15 is 0 Å². The lowest BCUT2D eigenvalue weighted by Crippen LogP contribution is -2.16. The van der Waals surface area contributed by atoms with Gasteiger partial charge in [0.25, 0.3) is 0 Å². The third-order valence-electron chi connectivity index (χ3n) is 4.52. The van der Waals surface area contributed by atoms with Crippen LogP contribution in [0.4, 0.5) is 11.4 Å². The fourth-order valence-corrected chi connectivity index (χ4v) is 3.40. The minimum Gasteiger partial charge on any atom is -0.397 e. The summed E-state index contributed by atoms with van der Waals surface area (Å²) in [4.78, 5) is 0. The van der Waals surface area contributed by atoms with Crippen LogP contribution < -0.4 is 11.1 Å². The van der Waals surface area contributed by atoms with Crippen molar-refractivity contribution in [2.75, 3.05) is 17.6 Å². The van der Waals surface area contributed by atoms with Gasteiger partial charge in [-0.25, -0.2) is 0 Å². The zero-order chi connectivity index (χ0) is 13.9. The number of nitrogens with zero attached hydrogens (tertiary/aromatic N) is 1. The van der Waals surface area contributed by atoms with E-state index in [-0.39, 0.29) is 0 Å². The van der Waals surface area contributed by atoms with Crippen molar-refractivity contribution in [2.24, 2.45) is 11.8 Å². The average Bonchev–Trinajstić information content (AvgIpc) is 2.86. The standard InChI is InChI=1S/C16H24N4/c1-11-3-2-4-12(7-11)5-6-18-16-9-15-13(8-14(16)17)10-19-20-15/h8-12,18H,2-7,17H2,1H3,(H,19,20). The maximum absolute atomic E-state index is 6.08. The number of nitrogens with two attached hydrogens (primary N) is 1. The fourth-order valence-electron chi connectivity index (χ4n) is 3.40. The Morgan fingerprint density at radius 2 is 2.30 bits per heavy atom. The maximum Gasteiger partial charge on any atom is 0.0672 e. The van der Waals surface area contributed by atoms with Gasteiger partial charge in [0.2, 0.25) is 0 Å². The predicted molar refractivity (Wildman–Crippen MR) is 84.7 cm³/mol. The molecule has 20 heavy (non-hydrogen) atoms. The van der Waals surface area contributed by atoms with E-state index < -0.39 is 0 Å². The average molecular weight is 272 g/mol. The summed E-state index contributed by atoms with van der Waals surface area (Å²) in [5.41, 5.74) is 8.94. The van der Waals surface area contributed by atoms with Crippen molar-refractivity contribution < 1.29 is 0 Å². The van der Waals surface area contributed by atoms with Gasteiger partial charge in [0.05, 0.1) is 23.1 Å². The molecule has 0 saturated heterocycles. The monoisotopic (exact) mass is 272 g/mol. The molecule has 0 amide bonds. The highest BCUT2D eigenvalue weighted by molar-refractivity contribution is 5.88. The zero-order valence-electron chi connectivity index (χ0n) is 12.2. The van der Waals surface area contributed by atoms with Crippen molar-refractivity contribution in [1.82, 2.24) is 10.2 Å². The summed E-state index contributed by atoms with van der Waals surface area (Å²) in [6.07, 6.45) is 8.63. The van der Waals surface area contributed by atoms with Crippen LogP contribution in [0.1, 0.15) is 39.0 Å². The number of hydrogen-bond donors (Lipinski definition) is 3. The van der Waals surface area contributed by atoms with Crippen molar-refractivity contribution in [2.45, 2.75) is 39.0 Å². The van der Waals surface area contributed by atoms with Crippen LogP contribution in [0.2, 0.25) is 0 Å². The number of nitrogens with one attached hydrogen (secondary N) is 2. The number of rotatable bonds is 4. The molecule has 4 heteroatoms. The molecule has 3 rings (SSSR count). The lowest BCUT2D eigenvalue weighted by atomic mass is 9.81. The van der Waals surface area contributed by atoms with Crippen LogP contribution in [-0.4, -0.2) is 16.7 Å². The predicted octanol–water partition coefficient (Wildman–Crippen LogP) is 3.77. The molecule has 0 radical (unpaired) electrons. The second-order valence-electron chi connectivity index (χ2n) is 6.25. The highest BCUT2D eigenvalue weighted by atomic mass is 15.1. The minimum atomic E-state index is 0.802. The van der Waals surface area contributed by atoms with Crippen LogP contribution in [0.15, 0.2) is 18.3 Å². The summed E-state index contributed by atoms with van der Waals surface area (Å²) in [7, 11) is 0. The van der Waals surface area contributed by atoms with E-state index in [4.69, 9.17) is 5.73 Å². The summed E-state index contributed by atoms with van der Waals surface area (Å²) in [6, 6.07) is 4.03. The molecule has 1 aliphatic rings. The maximum atomic E-state index is 6.08. The highest BCUT2D eigenvalue weighted by Gasteiger charge is 2.18. The normalized spacial score (nSPS) is 23.1. The van der Waals surface area contributed by atoms with Crippen molar-refractivity contribution in [3.05, 3.63) is 18.3 Å². The number of nitrogen functional groups attached to an aromatic ring is 1. The van der Waals surface area contributed by atoms with Crippen molar-refractivity contribution >= 4 is 22.3 Å². The van der Waals surface area contributed by atoms with Gasteiger partial charge in [-0.2, -0.15) is 5.10 Å². The Morgan fingerprint density at radius 3 is 3.15 bits per heavy atom. The smallest absolute Gasteiger partial charge is 0.0672 e. The molecule has 2 aromatic rings. The number of benzene rings is 1. The number of aromatic nitrogens is 2. The first-order chi connectivity index (χ1) is 9.72. The van der Waals surface area contributed by atoms with Crippen LogP contribution in [0, 0.1) is 11.8 Å². The van der Waals surface area contributed by atoms with Crippen molar-refractivity contribution in [1.29, 1.82) is 0 Å². The summed E-state index contributed by atoms with van der Waals surface area (Å²) >= 11 is 0. The largest absolute Gasteiger partial charge is 0.397 e. The van der Waals surface area contributed by atoms with Crippen LogP contribution in [0.3, 0.4) is 0 Å². The molecule has 0 aliphatic heterocycles. The van der Waals surface area contributed by atoms with E-state index in [1.54, 1.807) is 6.20 Å². The molecule has 1 fully saturated rings. The topological polar surface area (TPSA) is 66.7 Å². The minimum absolute atomic E-state index is 0.802. The van der Waals surface area contributed by atoms with Gasteiger partial charge in [-0.3, -0.25) is 5.10 Å². The van der Waals surface area contributed by atoms with E-state index in [0.717, 1.165) is 40.7 Å². The molecule has 2 atom stereocenters. The van der Waals surface area contributed by atoms with Gasteiger partial charge in [-0.15, -0.1) is 0 Å². The lowest BCUT2D eigenvalue weighted by molar-refractivity contribution is 0.274. The molecule has 1 heterocycles. The van der Waals surface area contributed by atoms with Gasteiger partial charge in [-0.05, 0) is 36.8 Å². The Labute approximate surface area is 120 Å². The van der Waals surface area contributed by atoms with E-state index in [2.05, 4.69) is 28.5 Å². The van der Waals surface area contributed by atoms with Gasteiger partial charge in [-0.1, -0.05) is 26.2 Å². The number of aromatic amines is 1. The van der Waals surface area contributed by atoms with E-state index in [0.29, 0.717) is 0 Å². The van der Waals surface area contributed by atoms with E-state index in [1.807, 2.05) is 6.07 Å². The number of fused-ring (bicyclic) bond motifs is 1. The van der Waals surface area contributed by atoms with Gasteiger partial charge >= 0.3 is 0 Å². The fraction of sp³-hybridized carbons (Fsp3) is 0.562. The van der Waals surface area contributed by atoms with Gasteiger partial charge in [0.15, 0.2) is 0 Å². The second-order valence-corrected chi connectivity index (χ2v) is 6.25. The molecule has 1 aliphatic carbocycles. The lowest BCUT2D eigenvalue weighted by Gasteiger charge is -2.26. The molecule has 4 nitrogen and oxygen atoms in total. The summed E-state index contributed by atoms with van der Waals surface area (Å²) in [5, 5.41) is 11.6. The van der Waals surface area contributed by atoms with Crippen LogP contribution in [0.25, 0.3) is 10.9 Å². The zero-order valence-corrected chi connectivity index (χ0v) is 12.2. The van der Waals surface area contributed by atoms with Gasteiger partial charge in [0.1, 0.15) is 0 Å². The molecule has 1 aromatic heterocycles. The van der Waals surface area contributed by atoms with E-state index in [1.165, 1.54) is 32.1 Å². The second kappa shape index (κ2) is 5.73. The molecule has 4 N–H and O–H groups in total. The molecule has 2 unspecified atom stereocenters. The SMILES string of the molecule is CC1CCCC(CCNc2cc3[nH]ncc3cc2N)C1. The molecule has 108 valence electrons. The summed E-state index contributed by atoms with van der Waals surface area (Å²) < 4.78 is 0. The molecule has 1 aromatic carbocycles. The number of hydrogen-bond acceptors (Lipinski definition) is 3. The van der Waals surface area contributed by atoms with Crippen LogP contribution >= 0.6 is 0 Å². The molecular weight excluding hydrogens is 248 g/mol. The van der Waals surface area contributed by atoms with Crippen molar-refractivity contribution in [3.63, 3.8) is 0 Å².